The van der Waals surface area contributed by atoms with Crippen molar-refractivity contribution in [2.24, 2.45) is 0 Å². The molecule has 4 heteroatoms. The molecule has 1 saturated heterocycles. The van der Waals surface area contributed by atoms with Gasteiger partial charge in [0, 0.05) is 5.02 Å². The lowest BCUT2D eigenvalue weighted by atomic mass is 10.0. The molecule has 1 aromatic carbocycles. The molecular weight excluding hydrogens is 224 g/mol. The first-order valence-corrected chi connectivity index (χ1v) is 5.67. The van der Waals surface area contributed by atoms with Crippen LogP contribution in [0.25, 0.3) is 0 Å². The summed E-state index contributed by atoms with van der Waals surface area (Å²) in [5.74, 6) is 0.743. The molecule has 0 amide bonds. The molecule has 0 aromatic heterocycles. The van der Waals surface area contributed by atoms with Crippen LogP contribution in [0, 0.1) is 11.3 Å². The molecule has 1 unspecified atom stereocenters. The van der Waals surface area contributed by atoms with Crippen molar-refractivity contribution in [3.05, 3.63) is 29.3 Å². The summed E-state index contributed by atoms with van der Waals surface area (Å²) < 4.78 is 5.60. The van der Waals surface area contributed by atoms with Crippen LogP contribution in [0.3, 0.4) is 0 Å². The number of rotatable bonds is 3. The second-order valence-corrected chi connectivity index (χ2v) is 4.40. The molecule has 1 aromatic rings. The SMILES string of the molecule is N#CC1(COc2ccc(Cl)cc2)CCCN1. The second kappa shape index (κ2) is 4.73. The fourth-order valence-electron chi connectivity index (χ4n) is 1.79. The Morgan fingerprint density at radius 1 is 1.44 bits per heavy atom. The largest absolute Gasteiger partial charge is 0.491 e. The predicted molar refractivity (Wildman–Crippen MR) is 62.5 cm³/mol. The maximum Gasteiger partial charge on any atom is 0.141 e. The first kappa shape index (κ1) is 11.3. The van der Waals surface area contributed by atoms with E-state index in [9.17, 15) is 0 Å². The first-order valence-electron chi connectivity index (χ1n) is 5.29. The predicted octanol–water partition coefficient (Wildman–Crippen LogP) is 2.36. The van der Waals surface area contributed by atoms with Gasteiger partial charge in [0.1, 0.15) is 17.9 Å². The van der Waals surface area contributed by atoms with E-state index in [4.69, 9.17) is 21.6 Å². The molecule has 2 rings (SSSR count). The minimum absolute atomic E-state index is 0.380. The molecule has 1 N–H and O–H groups in total. The Labute approximate surface area is 100.0 Å². The zero-order valence-corrected chi connectivity index (χ0v) is 9.63. The zero-order chi connectivity index (χ0) is 11.4. The summed E-state index contributed by atoms with van der Waals surface area (Å²) in [7, 11) is 0. The average Bonchev–Trinajstić information content (AvgIpc) is 2.78. The van der Waals surface area contributed by atoms with E-state index < -0.39 is 5.54 Å². The Kier molecular flexibility index (Phi) is 3.33. The minimum atomic E-state index is -0.514. The number of nitriles is 1. The van der Waals surface area contributed by atoms with Gasteiger partial charge in [-0.1, -0.05) is 11.6 Å². The summed E-state index contributed by atoms with van der Waals surface area (Å²) in [6.07, 6.45) is 1.87. The lowest BCUT2D eigenvalue weighted by molar-refractivity contribution is 0.238. The van der Waals surface area contributed by atoms with Crippen LogP contribution in [0.1, 0.15) is 12.8 Å². The average molecular weight is 237 g/mol. The lowest BCUT2D eigenvalue weighted by Gasteiger charge is -2.21. The molecule has 3 nitrogen and oxygen atoms in total. The van der Waals surface area contributed by atoms with Gasteiger partial charge in [-0.15, -0.1) is 0 Å². The fraction of sp³-hybridized carbons (Fsp3) is 0.417. The van der Waals surface area contributed by atoms with Crippen molar-refractivity contribution in [3.63, 3.8) is 0 Å². The van der Waals surface area contributed by atoms with Crippen molar-refractivity contribution in [2.45, 2.75) is 18.4 Å². The Morgan fingerprint density at radius 3 is 2.75 bits per heavy atom. The Morgan fingerprint density at radius 2 is 2.19 bits per heavy atom. The summed E-state index contributed by atoms with van der Waals surface area (Å²) >= 11 is 5.77. The molecule has 0 aliphatic carbocycles. The molecule has 1 heterocycles. The molecule has 84 valence electrons. The molecule has 1 fully saturated rings. The highest BCUT2D eigenvalue weighted by Crippen LogP contribution is 2.21. The van der Waals surface area contributed by atoms with Crippen LogP contribution in [-0.4, -0.2) is 18.7 Å². The molecule has 0 bridgehead atoms. The van der Waals surface area contributed by atoms with Crippen LogP contribution in [0.4, 0.5) is 0 Å². The summed E-state index contributed by atoms with van der Waals surface area (Å²) in [6, 6.07) is 9.46. The van der Waals surface area contributed by atoms with Gasteiger partial charge < -0.3 is 4.74 Å². The maximum absolute atomic E-state index is 9.13. The van der Waals surface area contributed by atoms with Gasteiger partial charge in [-0.3, -0.25) is 5.32 Å². The highest BCUT2D eigenvalue weighted by Gasteiger charge is 2.34. The van der Waals surface area contributed by atoms with Crippen molar-refractivity contribution in [1.29, 1.82) is 5.26 Å². The van der Waals surface area contributed by atoms with Crippen LogP contribution in [0.15, 0.2) is 24.3 Å². The summed E-state index contributed by atoms with van der Waals surface area (Å²) in [5, 5.41) is 13.0. The van der Waals surface area contributed by atoms with Gasteiger partial charge in [-0.25, -0.2) is 0 Å². The van der Waals surface area contributed by atoms with Crippen molar-refractivity contribution in [2.75, 3.05) is 13.2 Å². The van der Waals surface area contributed by atoms with Gasteiger partial charge in [0.25, 0.3) is 0 Å². The Bertz CT molecular complexity index is 390. The van der Waals surface area contributed by atoms with E-state index in [1.807, 2.05) is 12.1 Å². The fourth-order valence-corrected chi connectivity index (χ4v) is 1.92. The molecular formula is C12H13ClN2O. The van der Waals surface area contributed by atoms with Gasteiger partial charge in [0.2, 0.25) is 0 Å². The quantitative estimate of drug-likeness (QED) is 0.876. The number of benzene rings is 1. The summed E-state index contributed by atoms with van der Waals surface area (Å²) in [5.41, 5.74) is -0.514. The van der Waals surface area contributed by atoms with Gasteiger partial charge in [-0.2, -0.15) is 5.26 Å². The molecule has 0 spiro atoms. The lowest BCUT2D eigenvalue weighted by Crippen LogP contribution is -2.43. The van der Waals surface area contributed by atoms with Crippen molar-refractivity contribution in [3.8, 4) is 11.8 Å². The molecule has 16 heavy (non-hydrogen) atoms. The normalized spacial score (nSPS) is 24.0. The van der Waals surface area contributed by atoms with Crippen molar-refractivity contribution >= 4 is 11.6 Å². The molecule has 1 aliphatic heterocycles. The topological polar surface area (TPSA) is 45.0 Å². The van der Waals surface area contributed by atoms with Crippen molar-refractivity contribution < 1.29 is 4.74 Å². The Hall–Kier alpha value is -1.24. The van der Waals surface area contributed by atoms with E-state index in [0.717, 1.165) is 25.1 Å². The number of ether oxygens (including phenoxy) is 1. The van der Waals surface area contributed by atoms with E-state index >= 15 is 0 Å². The molecule has 1 aliphatic rings. The van der Waals surface area contributed by atoms with E-state index in [0.29, 0.717) is 11.6 Å². The van der Waals surface area contributed by atoms with E-state index in [2.05, 4.69) is 11.4 Å². The zero-order valence-electron chi connectivity index (χ0n) is 8.87. The number of nitrogens with one attached hydrogen (secondary N) is 1. The van der Waals surface area contributed by atoms with Crippen LogP contribution in [-0.2, 0) is 0 Å². The number of halogens is 1. The van der Waals surface area contributed by atoms with Gasteiger partial charge in [-0.05, 0) is 43.7 Å². The molecule has 0 saturated carbocycles. The van der Waals surface area contributed by atoms with E-state index in [-0.39, 0.29) is 0 Å². The van der Waals surface area contributed by atoms with Gasteiger partial charge in [0.15, 0.2) is 0 Å². The number of hydrogen-bond donors (Lipinski definition) is 1. The minimum Gasteiger partial charge on any atom is -0.491 e. The van der Waals surface area contributed by atoms with Gasteiger partial charge in [0.05, 0.1) is 6.07 Å². The van der Waals surface area contributed by atoms with E-state index in [1.54, 1.807) is 12.1 Å². The highest BCUT2D eigenvalue weighted by molar-refractivity contribution is 6.30. The third-order valence-electron chi connectivity index (χ3n) is 2.76. The molecule has 0 radical (unpaired) electrons. The van der Waals surface area contributed by atoms with Gasteiger partial charge >= 0.3 is 0 Å². The smallest absolute Gasteiger partial charge is 0.141 e. The van der Waals surface area contributed by atoms with E-state index in [1.165, 1.54) is 0 Å². The van der Waals surface area contributed by atoms with Crippen molar-refractivity contribution in [1.82, 2.24) is 5.32 Å². The monoisotopic (exact) mass is 236 g/mol. The number of nitrogens with zero attached hydrogens (tertiary/aromatic N) is 1. The number of hydrogen-bond acceptors (Lipinski definition) is 3. The van der Waals surface area contributed by atoms with Crippen LogP contribution in [0.2, 0.25) is 5.02 Å². The Balaban J connectivity index is 1.96. The highest BCUT2D eigenvalue weighted by atomic mass is 35.5. The summed E-state index contributed by atoms with van der Waals surface area (Å²) in [6.45, 7) is 1.27. The van der Waals surface area contributed by atoms with Crippen LogP contribution >= 0.6 is 11.6 Å². The van der Waals surface area contributed by atoms with Crippen LogP contribution < -0.4 is 10.1 Å². The standard InChI is InChI=1S/C12H13ClN2O/c13-10-2-4-11(5-3-10)16-9-12(8-14)6-1-7-15-12/h2-5,15H,1,6-7,9H2. The molecule has 1 atom stereocenters. The third kappa shape index (κ3) is 2.46. The summed E-state index contributed by atoms with van der Waals surface area (Å²) in [4.78, 5) is 0. The third-order valence-corrected chi connectivity index (χ3v) is 3.01. The first-order chi connectivity index (χ1) is 7.74. The second-order valence-electron chi connectivity index (χ2n) is 3.97. The van der Waals surface area contributed by atoms with Crippen LogP contribution in [0.5, 0.6) is 5.75 Å². The maximum atomic E-state index is 9.13.